The fraction of sp³-hybridized carbons (Fsp3) is 0.0625. The maximum absolute atomic E-state index is 12.6. The Morgan fingerprint density at radius 1 is 1.24 bits per heavy atom. The van der Waals surface area contributed by atoms with Crippen molar-refractivity contribution in [3.05, 3.63) is 66.0 Å². The summed E-state index contributed by atoms with van der Waals surface area (Å²) in [6.45, 7) is 0. The van der Waals surface area contributed by atoms with Gasteiger partial charge in [0.1, 0.15) is 0 Å². The second kappa shape index (κ2) is 5.10. The van der Waals surface area contributed by atoms with E-state index in [0.29, 0.717) is 11.1 Å². The third kappa shape index (κ3) is 2.23. The molecule has 21 heavy (non-hydrogen) atoms. The highest BCUT2D eigenvalue weighted by molar-refractivity contribution is 6.09. The Morgan fingerprint density at radius 2 is 2.00 bits per heavy atom. The standard InChI is InChI=1S/C16H12N4O/c1-19(13-7-5-12(10-17)6-8-13)16(21)14-11-18-20-9-3-2-4-15(14)20/h2-9,11H,1H3. The number of aromatic nitrogens is 2. The number of amides is 1. The first-order valence-corrected chi connectivity index (χ1v) is 6.41. The average molecular weight is 276 g/mol. The fourth-order valence-corrected chi connectivity index (χ4v) is 2.16. The zero-order chi connectivity index (χ0) is 14.8. The summed E-state index contributed by atoms with van der Waals surface area (Å²) in [7, 11) is 1.70. The molecule has 0 spiro atoms. The number of carbonyl (C=O) groups is 1. The Morgan fingerprint density at radius 3 is 2.71 bits per heavy atom. The SMILES string of the molecule is CN(C(=O)c1cnn2ccccc12)c1ccc(C#N)cc1. The Hall–Kier alpha value is -3.13. The first-order chi connectivity index (χ1) is 10.2. The van der Waals surface area contributed by atoms with Crippen LogP contribution in [0.25, 0.3) is 5.52 Å². The van der Waals surface area contributed by atoms with Crippen LogP contribution in [0.5, 0.6) is 0 Å². The monoisotopic (exact) mass is 276 g/mol. The Bertz CT molecular complexity index is 843. The number of fused-ring (bicyclic) bond motifs is 1. The quantitative estimate of drug-likeness (QED) is 0.722. The molecule has 1 aromatic carbocycles. The van der Waals surface area contributed by atoms with Crippen molar-refractivity contribution in [1.29, 1.82) is 5.26 Å². The minimum atomic E-state index is -0.138. The molecule has 0 N–H and O–H groups in total. The van der Waals surface area contributed by atoms with Gasteiger partial charge in [-0.1, -0.05) is 6.07 Å². The van der Waals surface area contributed by atoms with Crippen molar-refractivity contribution in [2.75, 3.05) is 11.9 Å². The summed E-state index contributed by atoms with van der Waals surface area (Å²) in [6.07, 6.45) is 3.37. The maximum atomic E-state index is 12.6. The summed E-state index contributed by atoms with van der Waals surface area (Å²) in [6, 6.07) is 14.5. The minimum absolute atomic E-state index is 0.138. The van der Waals surface area contributed by atoms with Crippen LogP contribution < -0.4 is 4.90 Å². The van der Waals surface area contributed by atoms with Gasteiger partial charge in [0.2, 0.25) is 0 Å². The topological polar surface area (TPSA) is 61.4 Å². The highest BCUT2D eigenvalue weighted by atomic mass is 16.2. The number of anilines is 1. The van der Waals surface area contributed by atoms with Gasteiger partial charge in [0.15, 0.2) is 0 Å². The van der Waals surface area contributed by atoms with Crippen LogP contribution in [0.15, 0.2) is 54.9 Å². The maximum Gasteiger partial charge on any atom is 0.261 e. The van der Waals surface area contributed by atoms with Crippen LogP contribution in [0.4, 0.5) is 5.69 Å². The average Bonchev–Trinajstić information content (AvgIpc) is 2.97. The molecule has 0 bridgehead atoms. The number of hydrogen-bond donors (Lipinski definition) is 0. The number of pyridine rings is 1. The Labute approximate surface area is 121 Å². The van der Waals surface area contributed by atoms with Crippen molar-refractivity contribution in [2.24, 2.45) is 0 Å². The molecule has 102 valence electrons. The highest BCUT2D eigenvalue weighted by Gasteiger charge is 2.17. The third-order valence-electron chi connectivity index (χ3n) is 3.35. The summed E-state index contributed by atoms with van der Waals surface area (Å²) in [5.74, 6) is -0.138. The van der Waals surface area contributed by atoms with Gasteiger partial charge in [0, 0.05) is 18.9 Å². The number of benzene rings is 1. The molecule has 0 radical (unpaired) electrons. The molecule has 2 aromatic heterocycles. The van der Waals surface area contributed by atoms with Crippen molar-refractivity contribution >= 4 is 17.1 Å². The van der Waals surface area contributed by atoms with Crippen LogP contribution in [-0.4, -0.2) is 22.6 Å². The van der Waals surface area contributed by atoms with E-state index in [0.717, 1.165) is 11.2 Å². The zero-order valence-electron chi connectivity index (χ0n) is 11.4. The summed E-state index contributed by atoms with van der Waals surface area (Å²) in [4.78, 5) is 14.1. The van der Waals surface area contributed by atoms with E-state index in [1.807, 2.05) is 18.2 Å². The lowest BCUT2D eigenvalue weighted by molar-refractivity contribution is 0.0994. The molecule has 0 aliphatic rings. The molecule has 0 atom stereocenters. The van der Waals surface area contributed by atoms with Crippen LogP contribution in [-0.2, 0) is 0 Å². The van der Waals surface area contributed by atoms with Crippen LogP contribution >= 0.6 is 0 Å². The molecule has 3 aromatic rings. The molecule has 0 aliphatic heterocycles. The van der Waals surface area contributed by atoms with E-state index in [-0.39, 0.29) is 5.91 Å². The largest absolute Gasteiger partial charge is 0.311 e. The van der Waals surface area contributed by atoms with E-state index in [4.69, 9.17) is 5.26 Å². The molecule has 2 heterocycles. The number of nitrogens with zero attached hydrogens (tertiary/aromatic N) is 4. The lowest BCUT2D eigenvalue weighted by Gasteiger charge is -2.16. The molecular weight excluding hydrogens is 264 g/mol. The van der Waals surface area contributed by atoms with Crippen molar-refractivity contribution in [3.8, 4) is 6.07 Å². The minimum Gasteiger partial charge on any atom is -0.311 e. The van der Waals surface area contributed by atoms with E-state index in [2.05, 4.69) is 11.2 Å². The fourth-order valence-electron chi connectivity index (χ4n) is 2.16. The highest BCUT2D eigenvalue weighted by Crippen LogP contribution is 2.18. The molecular formula is C16H12N4O. The van der Waals surface area contributed by atoms with Gasteiger partial charge in [-0.05, 0) is 36.4 Å². The number of nitriles is 1. The number of hydrogen-bond acceptors (Lipinski definition) is 3. The molecule has 0 saturated heterocycles. The molecule has 0 saturated carbocycles. The van der Waals surface area contributed by atoms with E-state index in [1.165, 1.54) is 0 Å². The molecule has 0 aliphatic carbocycles. The van der Waals surface area contributed by atoms with Crippen molar-refractivity contribution < 1.29 is 4.79 Å². The van der Waals surface area contributed by atoms with E-state index in [1.54, 1.807) is 53.1 Å². The second-order valence-corrected chi connectivity index (χ2v) is 4.61. The third-order valence-corrected chi connectivity index (χ3v) is 3.35. The van der Waals surface area contributed by atoms with Crippen LogP contribution in [0.3, 0.4) is 0 Å². The lowest BCUT2D eigenvalue weighted by atomic mass is 10.2. The first kappa shape index (κ1) is 12.9. The normalized spacial score (nSPS) is 10.3. The zero-order valence-corrected chi connectivity index (χ0v) is 11.4. The van der Waals surface area contributed by atoms with Crippen molar-refractivity contribution in [2.45, 2.75) is 0 Å². The predicted octanol–water partition coefficient (Wildman–Crippen LogP) is 2.48. The molecule has 0 unspecified atom stereocenters. The first-order valence-electron chi connectivity index (χ1n) is 6.41. The van der Waals surface area contributed by atoms with E-state index >= 15 is 0 Å². The summed E-state index contributed by atoms with van der Waals surface area (Å²) >= 11 is 0. The smallest absolute Gasteiger partial charge is 0.261 e. The van der Waals surface area contributed by atoms with Crippen LogP contribution in [0.2, 0.25) is 0 Å². The van der Waals surface area contributed by atoms with Crippen LogP contribution in [0.1, 0.15) is 15.9 Å². The van der Waals surface area contributed by atoms with Gasteiger partial charge in [-0.15, -0.1) is 0 Å². The summed E-state index contributed by atoms with van der Waals surface area (Å²) in [5.41, 5.74) is 2.61. The number of carbonyl (C=O) groups excluding carboxylic acids is 1. The van der Waals surface area contributed by atoms with Gasteiger partial charge in [-0.2, -0.15) is 10.4 Å². The number of rotatable bonds is 2. The lowest BCUT2D eigenvalue weighted by Crippen LogP contribution is -2.26. The summed E-state index contributed by atoms with van der Waals surface area (Å²) in [5, 5.41) is 13.0. The van der Waals surface area contributed by atoms with Gasteiger partial charge < -0.3 is 4.90 Å². The van der Waals surface area contributed by atoms with Gasteiger partial charge >= 0.3 is 0 Å². The van der Waals surface area contributed by atoms with Gasteiger partial charge in [0.05, 0.1) is 28.9 Å². The van der Waals surface area contributed by atoms with Crippen molar-refractivity contribution in [1.82, 2.24) is 9.61 Å². The summed E-state index contributed by atoms with van der Waals surface area (Å²) < 4.78 is 1.67. The molecule has 5 heteroatoms. The molecule has 3 rings (SSSR count). The molecule has 1 amide bonds. The Kier molecular flexibility index (Phi) is 3.13. The van der Waals surface area contributed by atoms with E-state index < -0.39 is 0 Å². The molecule has 0 fully saturated rings. The second-order valence-electron chi connectivity index (χ2n) is 4.61. The predicted molar refractivity (Wildman–Crippen MR) is 79.1 cm³/mol. The molecule has 5 nitrogen and oxygen atoms in total. The van der Waals surface area contributed by atoms with Gasteiger partial charge in [0.25, 0.3) is 5.91 Å². The van der Waals surface area contributed by atoms with E-state index in [9.17, 15) is 4.79 Å². The van der Waals surface area contributed by atoms with Gasteiger partial charge in [-0.25, -0.2) is 4.52 Å². The van der Waals surface area contributed by atoms with Gasteiger partial charge in [-0.3, -0.25) is 4.79 Å². The Balaban J connectivity index is 1.95. The van der Waals surface area contributed by atoms with Crippen LogP contribution in [0, 0.1) is 11.3 Å². The van der Waals surface area contributed by atoms with Crippen molar-refractivity contribution in [3.63, 3.8) is 0 Å².